The predicted molar refractivity (Wildman–Crippen MR) is 142 cm³/mol. The zero-order chi connectivity index (χ0) is 26.5. The van der Waals surface area contributed by atoms with Gasteiger partial charge in [0, 0.05) is 30.7 Å². The minimum atomic E-state index is -0.586. The van der Waals surface area contributed by atoms with Crippen LogP contribution in [0.1, 0.15) is 44.4 Å². The average molecular weight is 523 g/mol. The number of hydrogen-bond donors (Lipinski definition) is 1. The van der Waals surface area contributed by atoms with E-state index in [1.54, 1.807) is 53.5 Å². The molecule has 0 bridgehead atoms. The van der Waals surface area contributed by atoms with Crippen LogP contribution in [0.25, 0.3) is 0 Å². The van der Waals surface area contributed by atoms with Gasteiger partial charge in [0.2, 0.25) is 5.91 Å². The third-order valence-corrected chi connectivity index (χ3v) is 6.72. The minimum Gasteiger partial charge on any atom is -0.497 e. The van der Waals surface area contributed by atoms with E-state index in [0.717, 1.165) is 16.8 Å². The number of rotatable bonds is 9. The fourth-order valence-corrected chi connectivity index (χ4v) is 5.10. The topological polar surface area (TPSA) is 102 Å². The molecule has 0 spiro atoms. The number of benzene rings is 1. The molecule has 2 aliphatic rings. The van der Waals surface area contributed by atoms with E-state index in [-0.39, 0.29) is 18.4 Å². The molecule has 2 aliphatic heterocycles. The molecule has 0 saturated carbocycles. The van der Waals surface area contributed by atoms with Crippen LogP contribution in [-0.2, 0) is 20.9 Å². The number of aromatic nitrogens is 1. The Labute approximate surface area is 220 Å². The van der Waals surface area contributed by atoms with E-state index in [2.05, 4.69) is 10.3 Å². The number of fused-ring (bicyclic) bond motifs is 1. The van der Waals surface area contributed by atoms with Gasteiger partial charge in [0.1, 0.15) is 11.5 Å². The second-order valence-corrected chi connectivity index (χ2v) is 9.64. The van der Waals surface area contributed by atoms with Gasteiger partial charge in [-0.1, -0.05) is 11.8 Å². The zero-order valence-corrected chi connectivity index (χ0v) is 22.3. The summed E-state index contributed by atoms with van der Waals surface area (Å²) in [4.78, 5) is 36.9. The minimum absolute atomic E-state index is 0.111. The van der Waals surface area contributed by atoms with Crippen molar-refractivity contribution in [2.45, 2.75) is 45.9 Å². The number of methoxy groups -OCH3 is 2. The van der Waals surface area contributed by atoms with Crippen LogP contribution in [0.2, 0.25) is 0 Å². The van der Waals surface area contributed by atoms with Crippen molar-refractivity contribution >= 4 is 28.8 Å². The number of hydrogen-bond acceptors (Lipinski definition) is 9. The quantitative estimate of drug-likeness (QED) is 0.486. The Balaban J connectivity index is 1.68. The molecule has 4 rings (SSSR count). The van der Waals surface area contributed by atoms with Gasteiger partial charge in [-0.25, -0.2) is 9.79 Å². The Morgan fingerprint density at radius 1 is 1.11 bits per heavy atom. The summed E-state index contributed by atoms with van der Waals surface area (Å²) in [7, 11) is 3.15. The van der Waals surface area contributed by atoms with Crippen molar-refractivity contribution in [2.24, 2.45) is 4.99 Å². The lowest BCUT2D eigenvalue weighted by molar-refractivity contribution is -0.143. The zero-order valence-electron chi connectivity index (χ0n) is 21.5. The summed E-state index contributed by atoms with van der Waals surface area (Å²) in [6.45, 7) is 5.80. The van der Waals surface area contributed by atoms with Crippen LogP contribution in [0.15, 0.2) is 70.1 Å². The molecule has 1 aromatic carbocycles. The molecule has 9 nitrogen and oxygen atoms in total. The summed E-state index contributed by atoms with van der Waals surface area (Å²) in [6, 6.07) is 8.61. The molecule has 0 radical (unpaired) electrons. The van der Waals surface area contributed by atoms with E-state index in [4.69, 9.17) is 19.2 Å². The summed E-state index contributed by atoms with van der Waals surface area (Å²) >= 11 is 1.42. The summed E-state index contributed by atoms with van der Waals surface area (Å²) in [6.07, 6.45) is 3.18. The largest absolute Gasteiger partial charge is 0.497 e. The first-order valence-electron chi connectivity index (χ1n) is 11.8. The SMILES string of the molecule is COc1cc(OC)cc([C@@H]2C(C(=O)OC(C)C)=C(C)N=C3SC=C(CC(=O)NCc4ccncc4)N32)c1. The number of esters is 1. The Morgan fingerprint density at radius 3 is 2.41 bits per heavy atom. The van der Waals surface area contributed by atoms with Crippen LogP contribution < -0.4 is 14.8 Å². The van der Waals surface area contributed by atoms with Gasteiger partial charge in [0.05, 0.1) is 44.1 Å². The number of pyridine rings is 1. The number of amides is 1. The van der Waals surface area contributed by atoms with Gasteiger partial charge < -0.3 is 24.4 Å². The molecule has 1 amide bonds. The van der Waals surface area contributed by atoms with E-state index in [9.17, 15) is 9.59 Å². The van der Waals surface area contributed by atoms with E-state index in [1.807, 2.05) is 34.6 Å². The lowest BCUT2D eigenvalue weighted by Gasteiger charge is -2.36. The van der Waals surface area contributed by atoms with E-state index in [1.165, 1.54) is 11.8 Å². The van der Waals surface area contributed by atoms with Crippen LogP contribution >= 0.6 is 11.8 Å². The second-order valence-electron chi connectivity index (χ2n) is 8.80. The van der Waals surface area contributed by atoms with Gasteiger partial charge in [-0.2, -0.15) is 0 Å². The summed E-state index contributed by atoms with van der Waals surface area (Å²) in [5, 5.41) is 5.54. The summed E-state index contributed by atoms with van der Waals surface area (Å²) in [5.74, 6) is 0.560. The van der Waals surface area contributed by atoms with Gasteiger partial charge in [0.25, 0.3) is 0 Å². The molecule has 2 aromatic rings. The smallest absolute Gasteiger partial charge is 0.338 e. The van der Waals surface area contributed by atoms with Crippen molar-refractivity contribution < 1.29 is 23.8 Å². The summed E-state index contributed by atoms with van der Waals surface area (Å²) < 4.78 is 16.6. The number of carbonyl (C=O) groups excluding carboxylic acids is 2. The number of aliphatic imine (C=N–C) groups is 1. The van der Waals surface area contributed by atoms with E-state index in [0.29, 0.717) is 34.5 Å². The van der Waals surface area contributed by atoms with Crippen molar-refractivity contribution in [3.8, 4) is 11.5 Å². The number of carbonyl (C=O) groups is 2. The maximum atomic E-state index is 13.3. The summed E-state index contributed by atoms with van der Waals surface area (Å²) in [5.41, 5.74) is 3.40. The van der Waals surface area contributed by atoms with Crippen LogP contribution in [-0.4, -0.2) is 47.3 Å². The monoisotopic (exact) mass is 522 g/mol. The average Bonchev–Trinajstić information content (AvgIpc) is 3.27. The van der Waals surface area contributed by atoms with Crippen molar-refractivity contribution in [1.29, 1.82) is 0 Å². The van der Waals surface area contributed by atoms with E-state index >= 15 is 0 Å². The van der Waals surface area contributed by atoms with Crippen LogP contribution in [0.4, 0.5) is 0 Å². The highest BCUT2D eigenvalue weighted by Crippen LogP contribution is 2.46. The highest BCUT2D eigenvalue weighted by atomic mass is 32.2. The molecule has 0 fully saturated rings. The van der Waals surface area contributed by atoms with Gasteiger partial charge in [-0.05, 0) is 61.6 Å². The van der Waals surface area contributed by atoms with Gasteiger partial charge in [0.15, 0.2) is 5.17 Å². The molecule has 10 heteroatoms. The number of nitrogens with zero attached hydrogens (tertiary/aromatic N) is 3. The van der Waals surface area contributed by atoms with Crippen LogP contribution in [0.5, 0.6) is 11.5 Å². The molecule has 0 aliphatic carbocycles. The predicted octanol–water partition coefficient (Wildman–Crippen LogP) is 4.33. The number of thioether (sulfide) groups is 1. The second kappa shape index (κ2) is 11.5. The number of allylic oxidation sites excluding steroid dienone is 1. The molecule has 37 heavy (non-hydrogen) atoms. The highest BCUT2D eigenvalue weighted by Gasteiger charge is 2.41. The van der Waals surface area contributed by atoms with Crippen molar-refractivity contribution in [2.75, 3.05) is 14.2 Å². The number of nitrogens with one attached hydrogen (secondary N) is 1. The van der Waals surface area contributed by atoms with E-state index < -0.39 is 12.0 Å². The van der Waals surface area contributed by atoms with Crippen molar-refractivity contribution in [1.82, 2.24) is 15.2 Å². The number of amidine groups is 1. The molecule has 194 valence electrons. The molecule has 3 heterocycles. The van der Waals surface area contributed by atoms with Gasteiger partial charge in [-0.15, -0.1) is 0 Å². The maximum absolute atomic E-state index is 13.3. The Bertz CT molecular complexity index is 1250. The first kappa shape index (κ1) is 26.3. The van der Waals surface area contributed by atoms with Crippen molar-refractivity contribution in [3.05, 3.63) is 76.2 Å². The molecule has 0 unspecified atom stereocenters. The molecular weight excluding hydrogens is 492 g/mol. The van der Waals surface area contributed by atoms with Crippen molar-refractivity contribution in [3.63, 3.8) is 0 Å². The Hall–Kier alpha value is -3.79. The molecule has 1 atom stereocenters. The fourth-order valence-electron chi connectivity index (χ4n) is 4.14. The number of ether oxygens (including phenoxy) is 3. The first-order valence-corrected chi connectivity index (χ1v) is 12.7. The van der Waals surface area contributed by atoms with Gasteiger partial charge in [-0.3, -0.25) is 9.78 Å². The maximum Gasteiger partial charge on any atom is 0.338 e. The van der Waals surface area contributed by atoms with Crippen LogP contribution in [0, 0.1) is 0 Å². The molecular formula is C27H30N4O5S. The molecule has 1 N–H and O–H groups in total. The first-order chi connectivity index (χ1) is 17.8. The van der Waals surface area contributed by atoms with Gasteiger partial charge >= 0.3 is 5.97 Å². The third-order valence-electron chi connectivity index (χ3n) is 5.83. The lowest BCUT2D eigenvalue weighted by atomic mass is 9.93. The standard InChI is InChI=1S/C27H30N4O5S/c1-16(2)36-26(33)24-17(3)30-27-31(25(24)19-10-21(34-4)13-22(11-19)35-5)20(15-37-27)12-23(32)29-14-18-6-8-28-9-7-18/h6-11,13,15-16,25H,12,14H2,1-5H3,(H,29,32)/t25-/m1/s1. The normalized spacial score (nSPS) is 16.7. The third kappa shape index (κ3) is 5.96. The Kier molecular flexibility index (Phi) is 8.17. The lowest BCUT2D eigenvalue weighted by Crippen LogP contribution is -2.38. The molecule has 1 aromatic heterocycles. The fraction of sp³-hybridized carbons (Fsp3) is 0.333. The Morgan fingerprint density at radius 2 is 1.78 bits per heavy atom. The highest BCUT2D eigenvalue weighted by molar-refractivity contribution is 8.16. The van der Waals surface area contributed by atoms with Crippen LogP contribution in [0.3, 0.4) is 0 Å². The molecule has 0 saturated heterocycles.